The molecule has 0 aliphatic carbocycles. The molecule has 1 aliphatic rings. The molecule has 7 heteroatoms. The third kappa shape index (κ3) is 4.31. The first kappa shape index (κ1) is 17.2. The Morgan fingerprint density at radius 1 is 1.15 bits per heavy atom. The Morgan fingerprint density at radius 3 is 2.78 bits per heavy atom. The monoisotopic (exact) mass is 362 g/mol. The lowest BCUT2D eigenvalue weighted by Gasteiger charge is -2.33. The van der Waals surface area contributed by atoms with Gasteiger partial charge in [-0.05, 0) is 24.5 Å². The lowest BCUT2D eigenvalue weighted by molar-refractivity contribution is 0.0933. The normalized spacial score (nSPS) is 16.9. The summed E-state index contributed by atoms with van der Waals surface area (Å²) < 4.78 is 1.79. The second-order valence-electron chi connectivity index (χ2n) is 6.72. The van der Waals surface area contributed by atoms with E-state index in [0.717, 1.165) is 24.9 Å². The van der Waals surface area contributed by atoms with Gasteiger partial charge in [-0.25, -0.2) is 9.97 Å². The van der Waals surface area contributed by atoms with Gasteiger partial charge in [0.2, 0.25) is 5.95 Å². The summed E-state index contributed by atoms with van der Waals surface area (Å²) in [6.45, 7) is 2.27. The molecule has 1 atom stereocenters. The number of nitrogens with zero attached hydrogens (tertiary/aromatic N) is 5. The molecule has 1 unspecified atom stereocenters. The highest BCUT2D eigenvalue weighted by atomic mass is 16.1. The van der Waals surface area contributed by atoms with E-state index in [9.17, 15) is 4.79 Å². The van der Waals surface area contributed by atoms with Gasteiger partial charge in [-0.1, -0.05) is 30.3 Å². The number of carbonyl (C=O) groups is 1. The van der Waals surface area contributed by atoms with Crippen molar-refractivity contribution in [3.8, 4) is 0 Å². The fraction of sp³-hybridized carbons (Fsp3) is 0.300. The van der Waals surface area contributed by atoms with Crippen molar-refractivity contribution in [2.24, 2.45) is 0 Å². The van der Waals surface area contributed by atoms with Gasteiger partial charge < -0.3 is 10.2 Å². The summed E-state index contributed by atoms with van der Waals surface area (Å²) in [5.41, 5.74) is 1.73. The highest BCUT2D eigenvalue weighted by Crippen LogP contribution is 2.15. The predicted octanol–water partition coefficient (Wildman–Crippen LogP) is 2.12. The molecule has 1 aromatic carbocycles. The first-order chi connectivity index (χ1) is 13.3. The topological polar surface area (TPSA) is 75.9 Å². The molecule has 2 aromatic heterocycles. The zero-order valence-electron chi connectivity index (χ0n) is 15.0. The number of amides is 1. The van der Waals surface area contributed by atoms with Gasteiger partial charge in [-0.3, -0.25) is 9.48 Å². The molecule has 3 heterocycles. The van der Waals surface area contributed by atoms with Crippen LogP contribution in [-0.2, 0) is 6.54 Å². The Labute approximate surface area is 158 Å². The predicted molar refractivity (Wildman–Crippen MR) is 103 cm³/mol. The zero-order valence-corrected chi connectivity index (χ0v) is 15.0. The van der Waals surface area contributed by atoms with E-state index in [2.05, 4.69) is 25.3 Å². The minimum absolute atomic E-state index is 0.0764. The van der Waals surface area contributed by atoms with Crippen LogP contribution >= 0.6 is 0 Å². The van der Waals surface area contributed by atoms with Crippen molar-refractivity contribution in [3.63, 3.8) is 0 Å². The SMILES string of the molecule is O=C(NC1CCCN(c2ncccn2)C1)c1cnn(Cc2ccccc2)c1. The molecule has 1 N–H and O–H groups in total. The van der Waals surface area contributed by atoms with Crippen LogP contribution in [0, 0.1) is 0 Å². The Bertz CT molecular complexity index is 880. The van der Waals surface area contributed by atoms with E-state index in [4.69, 9.17) is 0 Å². The van der Waals surface area contributed by atoms with Crippen molar-refractivity contribution < 1.29 is 4.79 Å². The van der Waals surface area contributed by atoms with Gasteiger partial charge in [0, 0.05) is 37.7 Å². The van der Waals surface area contributed by atoms with Crippen LogP contribution in [0.1, 0.15) is 28.8 Å². The van der Waals surface area contributed by atoms with Gasteiger partial charge in [-0.15, -0.1) is 0 Å². The van der Waals surface area contributed by atoms with E-state index in [-0.39, 0.29) is 11.9 Å². The zero-order chi connectivity index (χ0) is 18.5. The molecule has 0 spiro atoms. The van der Waals surface area contributed by atoms with Gasteiger partial charge in [0.15, 0.2) is 0 Å². The van der Waals surface area contributed by atoms with Gasteiger partial charge in [0.25, 0.3) is 5.91 Å². The molecule has 1 amide bonds. The first-order valence-electron chi connectivity index (χ1n) is 9.17. The number of anilines is 1. The molecule has 3 aromatic rings. The van der Waals surface area contributed by atoms with Gasteiger partial charge in [0.1, 0.15) is 0 Å². The molecular formula is C20H22N6O. The lowest BCUT2D eigenvalue weighted by Crippen LogP contribution is -2.48. The fourth-order valence-electron chi connectivity index (χ4n) is 3.34. The standard InChI is InChI=1S/C20H22N6O/c27-19(17-12-23-26(14-17)13-16-6-2-1-3-7-16)24-18-8-4-11-25(15-18)20-21-9-5-10-22-20/h1-3,5-7,9-10,12,14,18H,4,8,11,13,15H2,(H,24,27). The molecule has 1 fully saturated rings. The Morgan fingerprint density at radius 2 is 1.96 bits per heavy atom. The van der Waals surface area contributed by atoms with Crippen LogP contribution in [0.25, 0.3) is 0 Å². The number of nitrogens with one attached hydrogen (secondary N) is 1. The molecule has 27 heavy (non-hydrogen) atoms. The summed E-state index contributed by atoms with van der Waals surface area (Å²) >= 11 is 0. The number of benzene rings is 1. The highest BCUT2D eigenvalue weighted by molar-refractivity contribution is 5.93. The highest BCUT2D eigenvalue weighted by Gasteiger charge is 2.23. The van der Waals surface area contributed by atoms with Crippen LogP contribution in [0.2, 0.25) is 0 Å². The van der Waals surface area contributed by atoms with Crippen LogP contribution in [0.5, 0.6) is 0 Å². The largest absolute Gasteiger partial charge is 0.347 e. The second kappa shape index (κ2) is 7.99. The Hall–Kier alpha value is -3.22. The Balaban J connectivity index is 1.36. The van der Waals surface area contributed by atoms with E-state index in [0.29, 0.717) is 24.6 Å². The number of aromatic nitrogens is 4. The summed E-state index contributed by atoms with van der Waals surface area (Å²) in [5.74, 6) is 0.627. The molecule has 0 saturated carbocycles. The molecule has 138 valence electrons. The summed E-state index contributed by atoms with van der Waals surface area (Å²) in [6, 6.07) is 12.0. The maximum Gasteiger partial charge on any atom is 0.254 e. The third-order valence-corrected chi connectivity index (χ3v) is 4.67. The van der Waals surface area contributed by atoms with Crippen LogP contribution in [0.4, 0.5) is 5.95 Å². The van der Waals surface area contributed by atoms with E-state index < -0.39 is 0 Å². The average molecular weight is 362 g/mol. The van der Waals surface area contributed by atoms with Crippen molar-refractivity contribution in [3.05, 3.63) is 72.3 Å². The quantitative estimate of drug-likeness (QED) is 0.752. The average Bonchev–Trinajstić information content (AvgIpc) is 3.18. The minimum Gasteiger partial charge on any atom is -0.347 e. The second-order valence-corrected chi connectivity index (χ2v) is 6.72. The van der Waals surface area contributed by atoms with Crippen molar-refractivity contribution in [1.82, 2.24) is 25.1 Å². The van der Waals surface area contributed by atoms with Crippen molar-refractivity contribution >= 4 is 11.9 Å². The first-order valence-corrected chi connectivity index (χ1v) is 9.17. The minimum atomic E-state index is -0.0878. The molecular weight excluding hydrogens is 340 g/mol. The van der Waals surface area contributed by atoms with Crippen molar-refractivity contribution in [2.75, 3.05) is 18.0 Å². The third-order valence-electron chi connectivity index (χ3n) is 4.67. The van der Waals surface area contributed by atoms with E-state index in [1.807, 2.05) is 30.3 Å². The smallest absolute Gasteiger partial charge is 0.254 e. The van der Waals surface area contributed by atoms with Crippen LogP contribution < -0.4 is 10.2 Å². The van der Waals surface area contributed by atoms with Crippen molar-refractivity contribution in [2.45, 2.75) is 25.4 Å². The summed E-state index contributed by atoms with van der Waals surface area (Å²) in [4.78, 5) is 23.3. The van der Waals surface area contributed by atoms with E-state index in [1.165, 1.54) is 0 Å². The maximum atomic E-state index is 12.6. The number of hydrogen-bond donors (Lipinski definition) is 1. The lowest BCUT2D eigenvalue weighted by atomic mass is 10.1. The number of rotatable bonds is 5. The number of piperidine rings is 1. The molecule has 7 nitrogen and oxygen atoms in total. The van der Waals surface area contributed by atoms with Gasteiger partial charge >= 0.3 is 0 Å². The van der Waals surface area contributed by atoms with E-state index >= 15 is 0 Å². The van der Waals surface area contributed by atoms with Crippen molar-refractivity contribution in [1.29, 1.82) is 0 Å². The summed E-state index contributed by atoms with van der Waals surface area (Å²) in [7, 11) is 0. The Kier molecular flexibility index (Phi) is 5.09. The van der Waals surface area contributed by atoms with Gasteiger partial charge in [-0.2, -0.15) is 5.10 Å². The number of carbonyl (C=O) groups excluding carboxylic acids is 1. The summed E-state index contributed by atoms with van der Waals surface area (Å²) in [5, 5.41) is 7.44. The summed E-state index contributed by atoms with van der Waals surface area (Å²) in [6.07, 6.45) is 8.85. The molecule has 4 rings (SSSR count). The van der Waals surface area contributed by atoms with Crippen LogP contribution in [-0.4, -0.2) is 44.8 Å². The number of hydrogen-bond acceptors (Lipinski definition) is 5. The van der Waals surface area contributed by atoms with Crippen LogP contribution in [0.3, 0.4) is 0 Å². The molecule has 0 bridgehead atoms. The van der Waals surface area contributed by atoms with Crippen LogP contribution in [0.15, 0.2) is 61.2 Å². The molecule has 1 saturated heterocycles. The maximum absolute atomic E-state index is 12.6. The van der Waals surface area contributed by atoms with Gasteiger partial charge in [0.05, 0.1) is 18.3 Å². The molecule has 1 aliphatic heterocycles. The fourth-order valence-corrected chi connectivity index (χ4v) is 3.34. The molecule has 0 radical (unpaired) electrons. The van der Waals surface area contributed by atoms with E-state index in [1.54, 1.807) is 35.5 Å².